The summed E-state index contributed by atoms with van der Waals surface area (Å²) in [7, 11) is 1.53. The lowest BCUT2D eigenvalue weighted by atomic mass is 10.1. The van der Waals surface area contributed by atoms with Gasteiger partial charge in [0.2, 0.25) is 0 Å². The molecule has 0 unspecified atom stereocenters. The number of benzene rings is 1. The summed E-state index contributed by atoms with van der Waals surface area (Å²) in [5.74, 6) is 0.216. The fraction of sp³-hybridized carbons (Fsp3) is 0.0714. The fourth-order valence-corrected chi connectivity index (χ4v) is 2.19. The monoisotopic (exact) mass is 302 g/mol. The normalized spacial score (nSPS) is 16.1. The summed E-state index contributed by atoms with van der Waals surface area (Å²) in [5.41, 5.74) is 0.648. The molecule has 0 aliphatic carbocycles. The van der Waals surface area contributed by atoms with Crippen LogP contribution in [0.5, 0.6) is 5.75 Å². The Labute approximate surface area is 124 Å². The number of hydrogen-bond donors (Lipinski definition) is 2. The van der Waals surface area contributed by atoms with Gasteiger partial charge in [0.05, 0.1) is 18.1 Å². The lowest BCUT2D eigenvalue weighted by molar-refractivity contribution is -0.115. The van der Waals surface area contributed by atoms with Crippen LogP contribution in [0.3, 0.4) is 0 Å². The Morgan fingerprint density at radius 2 is 2.10 bits per heavy atom. The van der Waals surface area contributed by atoms with E-state index in [0.29, 0.717) is 16.7 Å². The van der Waals surface area contributed by atoms with Crippen molar-refractivity contribution in [3.63, 3.8) is 0 Å². The molecular weight excluding hydrogens is 292 g/mol. The Morgan fingerprint density at radius 3 is 2.76 bits per heavy atom. The Morgan fingerprint density at radius 1 is 1.29 bits per heavy atom. The molecule has 1 aliphatic heterocycles. The molecular formula is C14H10N2O4S. The molecule has 21 heavy (non-hydrogen) atoms. The van der Waals surface area contributed by atoms with Gasteiger partial charge in [-0.15, -0.1) is 0 Å². The third-order valence-corrected chi connectivity index (χ3v) is 3.23. The van der Waals surface area contributed by atoms with E-state index in [9.17, 15) is 9.59 Å². The average molecular weight is 302 g/mol. The minimum Gasteiger partial charge on any atom is -0.497 e. The first-order valence-corrected chi connectivity index (χ1v) is 6.43. The van der Waals surface area contributed by atoms with Crippen molar-refractivity contribution in [2.75, 3.05) is 7.11 Å². The molecule has 1 aromatic carbocycles. The summed E-state index contributed by atoms with van der Waals surface area (Å²) in [6.45, 7) is 0. The van der Waals surface area contributed by atoms with E-state index >= 15 is 0 Å². The van der Waals surface area contributed by atoms with Crippen molar-refractivity contribution in [2.45, 2.75) is 0 Å². The molecule has 1 fully saturated rings. The van der Waals surface area contributed by atoms with E-state index < -0.39 is 0 Å². The quantitative estimate of drug-likeness (QED) is 0.640. The largest absolute Gasteiger partial charge is 0.497 e. The molecule has 1 saturated heterocycles. The topological polar surface area (TPSA) is 80.6 Å². The molecule has 1 aromatic heterocycles. The lowest BCUT2D eigenvalue weighted by Gasteiger charge is -2.02. The standard InChI is InChI=1S/C14H10N2O4S/c1-19-8-2-3-9-11(5-8)20-6-7(12(9)17)4-10-13(18)16-14(21)15-10/h2-6H,1H3,(H2,15,16,18,21)/b10-4-. The number of rotatable bonds is 2. The summed E-state index contributed by atoms with van der Waals surface area (Å²) in [5, 5.41) is 5.72. The van der Waals surface area contributed by atoms with Crippen molar-refractivity contribution >= 4 is 40.3 Å². The van der Waals surface area contributed by atoms with Crippen LogP contribution >= 0.6 is 12.2 Å². The highest BCUT2D eigenvalue weighted by Gasteiger charge is 2.20. The van der Waals surface area contributed by atoms with Gasteiger partial charge in [0.1, 0.15) is 23.3 Å². The zero-order chi connectivity index (χ0) is 15.0. The van der Waals surface area contributed by atoms with Gasteiger partial charge in [-0.05, 0) is 30.4 Å². The summed E-state index contributed by atoms with van der Waals surface area (Å²) < 4.78 is 10.5. The lowest BCUT2D eigenvalue weighted by Crippen LogP contribution is -2.21. The van der Waals surface area contributed by atoms with Crippen LogP contribution in [0, 0.1) is 0 Å². The van der Waals surface area contributed by atoms with Crippen LogP contribution in [0.1, 0.15) is 5.56 Å². The Bertz CT molecular complexity index is 854. The Kier molecular flexibility index (Phi) is 3.19. The molecule has 3 rings (SSSR count). The maximum atomic E-state index is 12.4. The number of thiocarbonyl (C=S) groups is 1. The summed E-state index contributed by atoms with van der Waals surface area (Å²) >= 11 is 4.83. The molecule has 0 saturated carbocycles. The minimum absolute atomic E-state index is 0.208. The van der Waals surface area contributed by atoms with E-state index in [1.807, 2.05) is 0 Å². The molecule has 106 valence electrons. The van der Waals surface area contributed by atoms with Crippen molar-refractivity contribution in [3.8, 4) is 5.75 Å². The van der Waals surface area contributed by atoms with E-state index in [4.69, 9.17) is 21.4 Å². The number of carbonyl (C=O) groups is 1. The SMILES string of the molecule is COc1ccc2c(=O)c(/C=C3\NC(=S)NC3=O)coc2c1. The van der Waals surface area contributed by atoms with Gasteiger partial charge in [0.25, 0.3) is 5.91 Å². The van der Waals surface area contributed by atoms with Gasteiger partial charge in [0, 0.05) is 6.07 Å². The molecule has 0 radical (unpaired) electrons. The van der Waals surface area contributed by atoms with Crippen molar-refractivity contribution in [2.24, 2.45) is 0 Å². The zero-order valence-electron chi connectivity index (χ0n) is 10.9. The molecule has 1 amide bonds. The molecule has 2 heterocycles. The third-order valence-electron chi connectivity index (χ3n) is 3.03. The first kappa shape index (κ1) is 13.3. The van der Waals surface area contributed by atoms with E-state index in [2.05, 4.69) is 10.6 Å². The molecule has 0 atom stereocenters. The molecule has 0 bridgehead atoms. The van der Waals surface area contributed by atoms with Crippen LogP contribution in [0.15, 0.2) is 39.4 Å². The number of fused-ring (bicyclic) bond motifs is 1. The number of hydrogen-bond acceptors (Lipinski definition) is 5. The first-order valence-electron chi connectivity index (χ1n) is 6.02. The van der Waals surface area contributed by atoms with Gasteiger partial charge >= 0.3 is 0 Å². The highest BCUT2D eigenvalue weighted by atomic mass is 32.1. The van der Waals surface area contributed by atoms with Gasteiger partial charge in [-0.2, -0.15) is 0 Å². The Hall–Kier alpha value is -2.67. The van der Waals surface area contributed by atoms with Crippen molar-refractivity contribution in [3.05, 3.63) is 45.9 Å². The van der Waals surface area contributed by atoms with Crippen LogP contribution in [0.2, 0.25) is 0 Å². The van der Waals surface area contributed by atoms with Crippen molar-refractivity contribution in [1.29, 1.82) is 0 Å². The van der Waals surface area contributed by atoms with Crippen LogP contribution in [0.25, 0.3) is 17.0 Å². The third kappa shape index (κ3) is 2.38. The van der Waals surface area contributed by atoms with Gasteiger partial charge in [-0.25, -0.2) is 0 Å². The number of amides is 1. The van der Waals surface area contributed by atoms with E-state index in [1.165, 1.54) is 19.4 Å². The van der Waals surface area contributed by atoms with E-state index in [0.717, 1.165) is 0 Å². The maximum Gasteiger partial charge on any atom is 0.273 e. The highest BCUT2D eigenvalue weighted by molar-refractivity contribution is 7.80. The maximum absolute atomic E-state index is 12.4. The molecule has 7 heteroatoms. The van der Waals surface area contributed by atoms with E-state index in [1.54, 1.807) is 18.2 Å². The van der Waals surface area contributed by atoms with Crippen LogP contribution in [-0.4, -0.2) is 18.1 Å². The Balaban J connectivity index is 2.11. The van der Waals surface area contributed by atoms with Crippen LogP contribution in [-0.2, 0) is 4.79 Å². The molecule has 6 nitrogen and oxygen atoms in total. The summed E-state index contributed by atoms with van der Waals surface area (Å²) in [4.78, 5) is 23.9. The fourth-order valence-electron chi connectivity index (χ4n) is 1.99. The number of methoxy groups -OCH3 is 1. The van der Waals surface area contributed by atoms with E-state index in [-0.39, 0.29) is 27.7 Å². The average Bonchev–Trinajstić information content (AvgIpc) is 2.79. The van der Waals surface area contributed by atoms with Gasteiger partial charge in [0.15, 0.2) is 10.5 Å². The second-order valence-electron chi connectivity index (χ2n) is 4.35. The minimum atomic E-state index is -0.380. The summed E-state index contributed by atoms with van der Waals surface area (Å²) in [6.07, 6.45) is 2.71. The van der Waals surface area contributed by atoms with Crippen molar-refractivity contribution < 1.29 is 13.9 Å². The molecule has 1 aliphatic rings. The van der Waals surface area contributed by atoms with Gasteiger partial charge in [-0.3, -0.25) is 14.9 Å². The molecule has 2 aromatic rings. The second-order valence-corrected chi connectivity index (χ2v) is 4.76. The molecule has 0 spiro atoms. The van der Waals surface area contributed by atoms with Gasteiger partial charge in [-0.1, -0.05) is 0 Å². The first-order chi connectivity index (χ1) is 10.1. The van der Waals surface area contributed by atoms with Crippen molar-refractivity contribution in [1.82, 2.24) is 10.6 Å². The predicted octanol–water partition coefficient (Wildman–Crippen LogP) is 1.15. The zero-order valence-corrected chi connectivity index (χ0v) is 11.7. The van der Waals surface area contributed by atoms with Crippen LogP contribution < -0.4 is 20.8 Å². The summed E-state index contributed by atoms with van der Waals surface area (Å²) in [6, 6.07) is 4.92. The molecule has 2 N–H and O–H groups in total. The number of ether oxygens (including phenoxy) is 1. The van der Waals surface area contributed by atoms with Crippen LogP contribution in [0.4, 0.5) is 0 Å². The number of nitrogens with one attached hydrogen (secondary N) is 2. The number of carbonyl (C=O) groups excluding carboxylic acids is 1. The smallest absolute Gasteiger partial charge is 0.273 e. The van der Waals surface area contributed by atoms with Gasteiger partial charge < -0.3 is 14.5 Å². The second kappa shape index (κ2) is 5.02. The predicted molar refractivity (Wildman–Crippen MR) is 80.9 cm³/mol. The highest BCUT2D eigenvalue weighted by Crippen LogP contribution is 2.19.